The second kappa shape index (κ2) is 7.57. The van der Waals surface area contributed by atoms with E-state index in [2.05, 4.69) is 72.2 Å². The smallest absolute Gasteiger partial charge is 0.141 e. The lowest BCUT2D eigenvalue weighted by molar-refractivity contribution is 0.461. The Morgan fingerprint density at radius 1 is 0.786 bits per heavy atom. The Morgan fingerprint density at radius 3 is 1.71 bits per heavy atom. The highest BCUT2D eigenvalue weighted by Gasteiger charge is 2.36. The molecule has 0 unspecified atom stereocenters. The Morgan fingerprint density at radius 2 is 1.25 bits per heavy atom. The van der Waals surface area contributed by atoms with E-state index in [1.165, 1.54) is 11.1 Å². The maximum Gasteiger partial charge on any atom is 0.141 e. The van der Waals surface area contributed by atoms with Gasteiger partial charge in [-0.05, 0) is 50.2 Å². The molecule has 1 saturated heterocycles. The van der Waals surface area contributed by atoms with Crippen LogP contribution in [0.4, 0.5) is 11.4 Å². The third-order valence-electron chi connectivity index (χ3n) is 5.24. The number of hydrogen-bond acceptors (Lipinski definition) is 3. The van der Waals surface area contributed by atoms with E-state index in [1.807, 2.05) is 0 Å². The zero-order chi connectivity index (χ0) is 19.8. The molecule has 5 heteroatoms. The third-order valence-corrected chi connectivity index (χ3v) is 5.75. The number of rotatable bonds is 3. The highest BCUT2D eigenvalue weighted by molar-refractivity contribution is 6.35. The molecule has 4 rings (SSSR count). The molecule has 0 saturated carbocycles. The molecule has 144 valence electrons. The van der Waals surface area contributed by atoms with Crippen LogP contribution in [0.25, 0.3) is 0 Å². The average Bonchev–Trinajstić information content (AvgIpc) is 3.10. The fourth-order valence-corrected chi connectivity index (χ4v) is 4.27. The molecule has 0 bridgehead atoms. The summed E-state index contributed by atoms with van der Waals surface area (Å²) >= 11 is 12.6. The Hall–Kier alpha value is -2.36. The van der Waals surface area contributed by atoms with E-state index in [4.69, 9.17) is 23.2 Å². The summed E-state index contributed by atoms with van der Waals surface area (Å²) < 4.78 is 0. The molecule has 0 aromatic heterocycles. The summed E-state index contributed by atoms with van der Waals surface area (Å²) in [4.78, 5) is 4.56. The average molecular weight is 413 g/mol. The number of aromatic hydroxyl groups is 1. The van der Waals surface area contributed by atoms with Crippen molar-refractivity contribution in [2.45, 2.75) is 20.0 Å². The van der Waals surface area contributed by atoms with Gasteiger partial charge in [-0.1, -0.05) is 58.6 Å². The normalized spacial score (nSPS) is 14.7. The van der Waals surface area contributed by atoms with E-state index in [-0.39, 0.29) is 16.9 Å². The summed E-state index contributed by atoms with van der Waals surface area (Å²) in [6.07, 6.45) is -0.207. The zero-order valence-electron chi connectivity index (χ0n) is 15.9. The van der Waals surface area contributed by atoms with Crippen LogP contribution in [0.5, 0.6) is 5.75 Å². The molecule has 1 N–H and O–H groups in total. The summed E-state index contributed by atoms with van der Waals surface area (Å²) in [7, 11) is 0. The zero-order valence-corrected chi connectivity index (χ0v) is 17.4. The number of nitrogens with zero attached hydrogens (tertiary/aromatic N) is 2. The van der Waals surface area contributed by atoms with Crippen LogP contribution in [0, 0.1) is 13.8 Å². The predicted octanol–water partition coefficient (Wildman–Crippen LogP) is 6.34. The maximum absolute atomic E-state index is 10.8. The van der Waals surface area contributed by atoms with E-state index in [9.17, 15) is 5.11 Å². The first-order valence-corrected chi connectivity index (χ1v) is 10.0. The van der Waals surface area contributed by atoms with Gasteiger partial charge in [-0.2, -0.15) is 0 Å². The Balaban J connectivity index is 1.84. The molecule has 1 fully saturated rings. The minimum Gasteiger partial charge on any atom is -0.506 e. The van der Waals surface area contributed by atoms with Crippen molar-refractivity contribution in [1.29, 1.82) is 0 Å². The van der Waals surface area contributed by atoms with E-state index in [0.29, 0.717) is 10.6 Å². The van der Waals surface area contributed by atoms with E-state index in [0.717, 1.165) is 24.5 Å². The van der Waals surface area contributed by atoms with Gasteiger partial charge in [0.2, 0.25) is 0 Å². The summed E-state index contributed by atoms with van der Waals surface area (Å²) in [5.41, 5.74) is 5.32. The van der Waals surface area contributed by atoms with Gasteiger partial charge in [-0.15, -0.1) is 0 Å². The molecule has 0 atom stereocenters. The lowest BCUT2D eigenvalue weighted by Crippen LogP contribution is -2.31. The van der Waals surface area contributed by atoms with Crippen molar-refractivity contribution < 1.29 is 5.11 Å². The van der Waals surface area contributed by atoms with Crippen molar-refractivity contribution in [3.05, 3.63) is 87.4 Å². The van der Waals surface area contributed by atoms with Gasteiger partial charge in [0.15, 0.2) is 0 Å². The van der Waals surface area contributed by atoms with Gasteiger partial charge in [0, 0.05) is 35.1 Å². The molecule has 0 radical (unpaired) electrons. The fourth-order valence-electron chi connectivity index (χ4n) is 3.76. The predicted molar refractivity (Wildman–Crippen MR) is 118 cm³/mol. The third kappa shape index (κ3) is 3.52. The van der Waals surface area contributed by atoms with E-state index in [1.54, 1.807) is 12.1 Å². The lowest BCUT2D eigenvalue weighted by atomic mass is 10.1. The molecular weight excluding hydrogens is 391 g/mol. The summed E-state index contributed by atoms with van der Waals surface area (Å²) in [5, 5.41) is 11.5. The van der Waals surface area contributed by atoms with Crippen molar-refractivity contribution in [2.75, 3.05) is 22.9 Å². The largest absolute Gasteiger partial charge is 0.506 e. The standard InChI is InChI=1S/C23H22Cl2N2O/c1-15-3-7-18(8-4-15)26-11-12-27(19-9-5-16(2)6-10-19)23(26)20-13-17(24)14-21(25)22(20)28/h3-10,13-14,23,28H,11-12H2,1-2H3. The van der Waals surface area contributed by atoms with Crippen LogP contribution in [-0.2, 0) is 0 Å². The van der Waals surface area contributed by atoms with Crippen molar-refractivity contribution >= 4 is 34.6 Å². The molecule has 0 aliphatic carbocycles. The van der Waals surface area contributed by atoms with E-state index < -0.39 is 0 Å². The number of benzene rings is 3. The van der Waals surface area contributed by atoms with Crippen molar-refractivity contribution in [3.8, 4) is 5.75 Å². The van der Waals surface area contributed by atoms with Gasteiger partial charge in [0.1, 0.15) is 11.9 Å². The van der Waals surface area contributed by atoms with Crippen molar-refractivity contribution in [1.82, 2.24) is 0 Å². The van der Waals surface area contributed by atoms with E-state index >= 15 is 0 Å². The number of hydrogen-bond donors (Lipinski definition) is 1. The van der Waals surface area contributed by atoms with Gasteiger partial charge in [-0.25, -0.2) is 0 Å². The molecule has 1 aliphatic heterocycles. The van der Waals surface area contributed by atoms with Crippen LogP contribution < -0.4 is 9.80 Å². The topological polar surface area (TPSA) is 26.7 Å². The Kier molecular flexibility index (Phi) is 5.13. The van der Waals surface area contributed by atoms with Crippen LogP contribution in [0.2, 0.25) is 10.0 Å². The summed E-state index contributed by atoms with van der Waals surface area (Å²) in [5.74, 6) is 0.0761. The summed E-state index contributed by atoms with van der Waals surface area (Å²) in [6, 6.07) is 20.3. The first-order chi connectivity index (χ1) is 13.4. The maximum atomic E-state index is 10.8. The number of phenolic OH excluding ortho intramolecular Hbond substituents is 1. The number of phenols is 1. The first kappa shape index (κ1) is 19.0. The van der Waals surface area contributed by atoms with Crippen LogP contribution >= 0.6 is 23.2 Å². The SMILES string of the molecule is Cc1ccc(N2CCN(c3ccc(C)cc3)C2c2cc(Cl)cc(Cl)c2O)cc1. The lowest BCUT2D eigenvalue weighted by Gasteiger charge is -2.34. The van der Waals surface area contributed by atoms with Gasteiger partial charge in [-0.3, -0.25) is 0 Å². The Bertz CT molecular complexity index is 933. The second-order valence-corrected chi connectivity index (χ2v) is 8.10. The quantitative estimate of drug-likeness (QED) is 0.543. The molecule has 1 aliphatic rings. The number of anilines is 2. The number of halogens is 2. The molecule has 1 heterocycles. The van der Waals surface area contributed by atoms with Crippen molar-refractivity contribution in [2.24, 2.45) is 0 Å². The molecule has 0 spiro atoms. The first-order valence-electron chi connectivity index (χ1n) is 9.28. The fraction of sp³-hybridized carbons (Fsp3) is 0.217. The van der Waals surface area contributed by atoms with Crippen molar-refractivity contribution in [3.63, 3.8) is 0 Å². The van der Waals surface area contributed by atoms with Gasteiger partial charge < -0.3 is 14.9 Å². The Labute approximate surface area is 175 Å². The van der Waals surface area contributed by atoms with Crippen LogP contribution in [-0.4, -0.2) is 18.2 Å². The molecule has 28 heavy (non-hydrogen) atoms. The number of aryl methyl sites for hydroxylation is 2. The second-order valence-electron chi connectivity index (χ2n) is 7.26. The molecule has 3 nitrogen and oxygen atoms in total. The van der Waals surface area contributed by atoms with Crippen LogP contribution in [0.1, 0.15) is 22.9 Å². The molecular formula is C23H22Cl2N2O. The van der Waals surface area contributed by atoms with Gasteiger partial charge >= 0.3 is 0 Å². The monoisotopic (exact) mass is 412 g/mol. The highest BCUT2D eigenvalue weighted by Crippen LogP contribution is 2.44. The summed E-state index contributed by atoms with van der Waals surface area (Å²) in [6.45, 7) is 5.80. The van der Waals surface area contributed by atoms with Gasteiger partial charge in [0.05, 0.1) is 5.02 Å². The minimum absolute atomic E-state index is 0.0761. The minimum atomic E-state index is -0.207. The highest BCUT2D eigenvalue weighted by atomic mass is 35.5. The van der Waals surface area contributed by atoms with Gasteiger partial charge in [0.25, 0.3) is 0 Å². The molecule has 3 aromatic carbocycles. The molecule has 0 amide bonds. The van der Waals surface area contributed by atoms with Crippen LogP contribution in [0.3, 0.4) is 0 Å². The van der Waals surface area contributed by atoms with Crippen LogP contribution in [0.15, 0.2) is 60.7 Å². The molecule has 3 aromatic rings.